The molecule has 0 aromatic rings. The third-order valence-electron chi connectivity index (χ3n) is 7.04. The molecule has 3 aliphatic carbocycles. The van der Waals surface area contributed by atoms with E-state index >= 15 is 0 Å². The van der Waals surface area contributed by atoms with Crippen LogP contribution in [0.4, 0.5) is 22.0 Å². The Hall–Kier alpha value is -1.70. The zero-order valence-corrected chi connectivity index (χ0v) is 17.2. The molecule has 174 valence electrons. The van der Waals surface area contributed by atoms with Crippen LogP contribution in [0.15, 0.2) is 35.5 Å². The standard InChI is InChI=1S/C23H29F5O3/c24-22(25)20-12-15(18-8-6-17(29)11-14(18)5-9-21(30)31)4-7-19(20)13-2-1-3-16(10-13)23(26,27)28/h6,8,10,12-15,17-19,22,29H,1-5,7,9,11H2,(H,30,31). The summed E-state index contributed by atoms with van der Waals surface area (Å²) in [5.74, 6) is -2.63. The lowest BCUT2D eigenvalue weighted by atomic mass is 9.65. The third kappa shape index (κ3) is 5.96. The fourth-order valence-corrected chi connectivity index (χ4v) is 5.57. The molecular formula is C23H29F5O3. The summed E-state index contributed by atoms with van der Waals surface area (Å²) in [7, 11) is 0. The number of rotatable bonds is 6. The van der Waals surface area contributed by atoms with Gasteiger partial charge in [-0.2, -0.15) is 13.2 Å². The van der Waals surface area contributed by atoms with E-state index in [2.05, 4.69) is 0 Å². The molecule has 0 aromatic heterocycles. The highest BCUT2D eigenvalue weighted by molar-refractivity contribution is 5.66. The number of hydrogen-bond donors (Lipinski definition) is 2. The van der Waals surface area contributed by atoms with Gasteiger partial charge in [0, 0.05) is 12.0 Å². The molecule has 6 atom stereocenters. The Morgan fingerprint density at radius 3 is 2.48 bits per heavy atom. The minimum absolute atomic E-state index is 0.0599. The molecule has 3 aliphatic rings. The van der Waals surface area contributed by atoms with E-state index in [1.54, 1.807) is 12.2 Å². The molecule has 0 bridgehead atoms. The van der Waals surface area contributed by atoms with Gasteiger partial charge in [0.15, 0.2) is 0 Å². The molecule has 0 heterocycles. The summed E-state index contributed by atoms with van der Waals surface area (Å²) >= 11 is 0. The smallest absolute Gasteiger partial charge is 0.412 e. The summed E-state index contributed by atoms with van der Waals surface area (Å²) in [4.78, 5) is 11.0. The number of aliphatic hydroxyl groups excluding tert-OH is 1. The minimum Gasteiger partial charge on any atom is -0.481 e. The van der Waals surface area contributed by atoms with Crippen LogP contribution in [0.5, 0.6) is 0 Å². The number of alkyl halides is 5. The van der Waals surface area contributed by atoms with E-state index in [-0.39, 0.29) is 36.2 Å². The van der Waals surface area contributed by atoms with Crippen molar-refractivity contribution in [2.75, 3.05) is 0 Å². The van der Waals surface area contributed by atoms with Gasteiger partial charge in [0.1, 0.15) is 0 Å². The second kappa shape index (κ2) is 9.84. The molecule has 2 N–H and O–H groups in total. The van der Waals surface area contributed by atoms with Gasteiger partial charge >= 0.3 is 12.1 Å². The molecule has 0 aliphatic heterocycles. The van der Waals surface area contributed by atoms with Crippen molar-refractivity contribution in [1.29, 1.82) is 0 Å². The van der Waals surface area contributed by atoms with Crippen LogP contribution in [-0.4, -0.2) is 34.9 Å². The van der Waals surface area contributed by atoms with Gasteiger partial charge in [0.25, 0.3) is 6.43 Å². The summed E-state index contributed by atoms with van der Waals surface area (Å²) < 4.78 is 67.4. The van der Waals surface area contributed by atoms with Crippen molar-refractivity contribution in [3.8, 4) is 0 Å². The molecule has 0 radical (unpaired) electrons. The zero-order chi connectivity index (χ0) is 22.8. The van der Waals surface area contributed by atoms with Crippen molar-refractivity contribution < 1.29 is 37.0 Å². The van der Waals surface area contributed by atoms with Crippen LogP contribution in [0.3, 0.4) is 0 Å². The molecule has 6 unspecified atom stereocenters. The second-order valence-corrected chi connectivity index (χ2v) is 9.02. The fourth-order valence-electron chi connectivity index (χ4n) is 5.57. The topological polar surface area (TPSA) is 57.5 Å². The van der Waals surface area contributed by atoms with Gasteiger partial charge in [-0.05, 0) is 80.1 Å². The Morgan fingerprint density at radius 2 is 1.84 bits per heavy atom. The number of carboxylic acid groups (broad SMARTS) is 1. The molecule has 3 rings (SSSR count). The van der Waals surface area contributed by atoms with E-state index < -0.39 is 42.1 Å². The SMILES string of the molecule is O=C(O)CCC1CC(O)C=CC1C1C=C(C(F)F)C(C2C=C(C(F)(F)F)CCC2)CC1. The van der Waals surface area contributed by atoms with Crippen molar-refractivity contribution >= 4 is 5.97 Å². The molecule has 0 fully saturated rings. The van der Waals surface area contributed by atoms with Gasteiger partial charge in [-0.3, -0.25) is 4.79 Å². The molecular weight excluding hydrogens is 419 g/mol. The maximum absolute atomic E-state index is 14.0. The van der Waals surface area contributed by atoms with Gasteiger partial charge in [-0.25, -0.2) is 8.78 Å². The Kier molecular flexibility index (Phi) is 7.60. The lowest BCUT2D eigenvalue weighted by Gasteiger charge is -2.40. The number of aliphatic carboxylic acids is 1. The van der Waals surface area contributed by atoms with E-state index in [1.165, 1.54) is 6.08 Å². The van der Waals surface area contributed by atoms with Crippen molar-refractivity contribution in [2.24, 2.45) is 29.6 Å². The molecule has 0 saturated carbocycles. The first-order valence-corrected chi connectivity index (χ1v) is 10.9. The third-order valence-corrected chi connectivity index (χ3v) is 7.04. The molecule has 31 heavy (non-hydrogen) atoms. The van der Waals surface area contributed by atoms with Gasteiger partial charge in [0.05, 0.1) is 6.10 Å². The summed E-state index contributed by atoms with van der Waals surface area (Å²) in [5.41, 5.74) is -0.699. The molecule has 0 saturated heterocycles. The van der Waals surface area contributed by atoms with Gasteiger partial charge < -0.3 is 10.2 Å². The molecule has 8 heteroatoms. The summed E-state index contributed by atoms with van der Waals surface area (Å²) in [6.45, 7) is 0. The van der Waals surface area contributed by atoms with Crippen LogP contribution in [0.1, 0.15) is 51.4 Å². The predicted molar refractivity (Wildman–Crippen MR) is 105 cm³/mol. The van der Waals surface area contributed by atoms with Gasteiger partial charge in [-0.15, -0.1) is 0 Å². The van der Waals surface area contributed by atoms with Crippen LogP contribution in [0, 0.1) is 29.6 Å². The highest BCUT2D eigenvalue weighted by Crippen LogP contribution is 2.47. The summed E-state index contributed by atoms with van der Waals surface area (Å²) in [6.07, 6.45) is 0.630. The fraction of sp³-hybridized carbons (Fsp3) is 0.696. The summed E-state index contributed by atoms with van der Waals surface area (Å²) in [5, 5.41) is 18.9. The van der Waals surface area contributed by atoms with Crippen molar-refractivity contribution in [3.05, 3.63) is 35.5 Å². The quantitative estimate of drug-likeness (QED) is 0.392. The number of allylic oxidation sites excluding steroid dienone is 5. The average molecular weight is 448 g/mol. The zero-order valence-electron chi connectivity index (χ0n) is 17.2. The summed E-state index contributed by atoms with van der Waals surface area (Å²) in [6, 6.07) is 0. The molecule has 3 nitrogen and oxygen atoms in total. The highest BCUT2D eigenvalue weighted by Gasteiger charge is 2.41. The first-order valence-electron chi connectivity index (χ1n) is 10.9. The maximum atomic E-state index is 14.0. The maximum Gasteiger partial charge on any atom is 0.412 e. The molecule has 0 amide bonds. The Labute approximate surface area is 178 Å². The van der Waals surface area contributed by atoms with Crippen LogP contribution < -0.4 is 0 Å². The van der Waals surface area contributed by atoms with Crippen molar-refractivity contribution in [2.45, 2.75) is 70.1 Å². The van der Waals surface area contributed by atoms with Gasteiger partial charge in [0.2, 0.25) is 0 Å². The Bertz CT molecular complexity index is 740. The van der Waals surface area contributed by atoms with Crippen LogP contribution >= 0.6 is 0 Å². The van der Waals surface area contributed by atoms with E-state index in [1.807, 2.05) is 0 Å². The highest BCUT2D eigenvalue weighted by atomic mass is 19.4. The largest absolute Gasteiger partial charge is 0.481 e. The number of carbonyl (C=O) groups is 1. The monoisotopic (exact) mass is 448 g/mol. The van der Waals surface area contributed by atoms with Crippen LogP contribution in [0.2, 0.25) is 0 Å². The molecule has 0 spiro atoms. The number of hydrogen-bond acceptors (Lipinski definition) is 2. The second-order valence-electron chi connectivity index (χ2n) is 9.02. The van der Waals surface area contributed by atoms with Crippen LogP contribution in [-0.2, 0) is 4.79 Å². The number of aliphatic hydroxyl groups is 1. The minimum atomic E-state index is -4.42. The van der Waals surface area contributed by atoms with Crippen molar-refractivity contribution in [3.63, 3.8) is 0 Å². The Balaban J connectivity index is 1.83. The number of halogens is 5. The first kappa shape index (κ1) is 24.0. The Morgan fingerprint density at radius 1 is 1.10 bits per heavy atom. The van der Waals surface area contributed by atoms with E-state index in [0.29, 0.717) is 38.5 Å². The van der Waals surface area contributed by atoms with E-state index in [9.17, 15) is 31.9 Å². The molecule has 0 aromatic carbocycles. The first-order chi connectivity index (χ1) is 14.6. The van der Waals surface area contributed by atoms with Gasteiger partial charge in [-0.1, -0.05) is 24.3 Å². The number of carboxylic acids is 1. The van der Waals surface area contributed by atoms with Crippen LogP contribution in [0.25, 0.3) is 0 Å². The average Bonchev–Trinajstić information content (AvgIpc) is 2.71. The lowest BCUT2D eigenvalue weighted by Crippen LogP contribution is -2.33. The van der Waals surface area contributed by atoms with Crippen molar-refractivity contribution in [1.82, 2.24) is 0 Å². The predicted octanol–water partition coefficient (Wildman–Crippen LogP) is 5.91. The normalized spacial score (nSPS) is 34.4. The lowest BCUT2D eigenvalue weighted by molar-refractivity contribution is -0.137. The van der Waals surface area contributed by atoms with E-state index in [0.717, 1.165) is 6.08 Å². The van der Waals surface area contributed by atoms with E-state index in [4.69, 9.17) is 5.11 Å².